The molecule has 0 bridgehead atoms. The van der Waals surface area contributed by atoms with Gasteiger partial charge in [-0.2, -0.15) is 0 Å². The molecule has 0 spiro atoms. The molecule has 142 valence electrons. The third kappa shape index (κ3) is 3.75. The zero-order valence-electron chi connectivity index (χ0n) is 13.1. The number of benzene rings is 2. The molecule has 0 radical (unpaired) electrons. The molecular weight excluding hydrogens is 456 g/mol. The second-order valence-corrected chi connectivity index (χ2v) is 7.83. The Morgan fingerprint density at radius 3 is 2.26 bits per heavy atom. The average Bonchev–Trinajstić information content (AvgIpc) is 3.01. The van der Waals surface area contributed by atoms with E-state index in [0.29, 0.717) is 22.2 Å². The van der Waals surface area contributed by atoms with Crippen LogP contribution in [0.5, 0.6) is 0 Å². The number of aromatic nitrogens is 1. The molecule has 2 N–H and O–H groups in total. The largest absolute Gasteiger partial charge is 0.354 e. The minimum Gasteiger partial charge on any atom is -0.354 e. The van der Waals surface area contributed by atoms with E-state index in [-0.39, 0.29) is 5.69 Å². The highest BCUT2D eigenvalue weighted by molar-refractivity contribution is 9.10. The number of halogens is 5. The van der Waals surface area contributed by atoms with Crippen LogP contribution in [0.15, 0.2) is 50.3 Å². The van der Waals surface area contributed by atoms with Crippen molar-refractivity contribution in [3.05, 3.63) is 58.3 Å². The average molecular weight is 465 g/mol. The number of primary sulfonamides is 1. The Bertz CT molecular complexity index is 1120. The first-order valence-electron chi connectivity index (χ1n) is 7.15. The number of nitrogens with two attached hydrogens (primary N) is 1. The molecule has 3 rings (SSSR count). The van der Waals surface area contributed by atoms with Crippen LogP contribution in [-0.2, 0) is 10.0 Å². The fourth-order valence-electron chi connectivity index (χ4n) is 2.46. The van der Waals surface area contributed by atoms with Crippen LogP contribution >= 0.6 is 15.9 Å². The number of alkyl halides is 2. The highest BCUT2D eigenvalue weighted by Crippen LogP contribution is 2.41. The van der Waals surface area contributed by atoms with Crippen molar-refractivity contribution < 1.29 is 30.5 Å². The Kier molecular flexibility index (Phi) is 5.10. The van der Waals surface area contributed by atoms with E-state index in [1.54, 1.807) is 12.1 Å². The zero-order chi connectivity index (χ0) is 19.9. The summed E-state index contributed by atoms with van der Waals surface area (Å²) in [6, 6.07) is 7.00. The number of nitrogens with zero attached hydrogens (tertiary/aromatic N) is 1. The van der Waals surface area contributed by atoms with Gasteiger partial charge in [0, 0.05) is 15.6 Å². The van der Waals surface area contributed by atoms with Gasteiger partial charge in [0.2, 0.25) is 15.8 Å². The van der Waals surface area contributed by atoms with E-state index in [4.69, 9.17) is 5.14 Å². The Labute approximate surface area is 159 Å². The molecule has 0 amide bonds. The van der Waals surface area contributed by atoms with Gasteiger partial charge >= 0.3 is 0 Å². The summed E-state index contributed by atoms with van der Waals surface area (Å²) in [4.78, 5) is -1.09. The maximum Gasteiger partial charge on any atom is 0.298 e. The summed E-state index contributed by atoms with van der Waals surface area (Å²) in [6.45, 7) is 0. The van der Waals surface area contributed by atoms with E-state index in [9.17, 15) is 26.0 Å². The SMILES string of the molecule is NS(=O)(=O)c1cc(F)c(-c2c(-c3ccc(Br)cc3)noc2C(F)F)cc1F. The summed E-state index contributed by atoms with van der Waals surface area (Å²) >= 11 is 3.22. The van der Waals surface area contributed by atoms with Crippen molar-refractivity contribution >= 4 is 26.0 Å². The second kappa shape index (κ2) is 7.06. The molecule has 0 saturated heterocycles. The van der Waals surface area contributed by atoms with E-state index in [1.807, 2.05) is 0 Å². The first-order valence-corrected chi connectivity index (χ1v) is 9.49. The lowest BCUT2D eigenvalue weighted by molar-refractivity contribution is 0.113. The monoisotopic (exact) mass is 464 g/mol. The summed E-state index contributed by atoms with van der Waals surface area (Å²) < 4.78 is 83.3. The molecule has 0 aliphatic heterocycles. The highest BCUT2D eigenvalue weighted by atomic mass is 79.9. The lowest BCUT2D eigenvalue weighted by Gasteiger charge is -2.09. The van der Waals surface area contributed by atoms with E-state index in [1.165, 1.54) is 12.1 Å². The maximum absolute atomic E-state index is 14.5. The molecule has 0 atom stereocenters. The normalized spacial score (nSPS) is 12.0. The highest BCUT2D eigenvalue weighted by Gasteiger charge is 2.29. The summed E-state index contributed by atoms with van der Waals surface area (Å²) in [5.41, 5.74) is -0.960. The van der Waals surface area contributed by atoms with E-state index < -0.39 is 49.9 Å². The van der Waals surface area contributed by atoms with E-state index in [0.717, 1.165) is 0 Å². The van der Waals surface area contributed by atoms with Crippen molar-refractivity contribution in [1.82, 2.24) is 5.16 Å². The van der Waals surface area contributed by atoms with Gasteiger partial charge in [0.1, 0.15) is 22.2 Å². The fraction of sp³-hybridized carbons (Fsp3) is 0.0625. The van der Waals surface area contributed by atoms with E-state index in [2.05, 4.69) is 25.6 Å². The van der Waals surface area contributed by atoms with Crippen LogP contribution < -0.4 is 5.14 Å². The van der Waals surface area contributed by atoms with Crippen molar-refractivity contribution in [2.75, 3.05) is 0 Å². The summed E-state index contributed by atoms with van der Waals surface area (Å²) in [6.07, 6.45) is -3.17. The first kappa shape index (κ1) is 19.5. The van der Waals surface area contributed by atoms with Gasteiger partial charge in [0.05, 0.1) is 5.56 Å². The number of sulfonamides is 1. The van der Waals surface area contributed by atoms with E-state index >= 15 is 0 Å². The predicted octanol–water partition coefficient (Wildman–Crippen LogP) is 4.63. The Morgan fingerprint density at radius 1 is 1.07 bits per heavy atom. The smallest absolute Gasteiger partial charge is 0.298 e. The molecule has 5 nitrogen and oxygen atoms in total. The Balaban J connectivity index is 2.29. The third-order valence-corrected chi connectivity index (χ3v) is 5.09. The van der Waals surface area contributed by atoms with Gasteiger partial charge < -0.3 is 4.52 Å². The van der Waals surface area contributed by atoms with Crippen LogP contribution in [-0.4, -0.2) is 13.6 Å². The van der Waals surface area contributed by atoms with Gasteiger partial charge in [-0.15, -0.1) is 0 Å². The summed E-state index contributed by atoms with van der Waals surface area (Å²) in [7, 11) is -4.54. The topological polar surface area (TPSA) is 86.2 Å². The summed E-state index contributed by atoms with van der Waals surface area (Å²) in [5, 5.41) is 8.37. The quantitative estimate of drug-likeness (QED) is 0.570. The molecule has 0 fully saturated rings. The van der Waals surface area contributed by atoms with Crippen molar-refractivity contribution in [3.8, 4) is 22.4 Å². The molecule has 1 heterocycles. The minimum absolute atomic E-state index is 0.153. The number of hydrogen-bond acceptors (Lipinski definition) is 4. The standard InChI is InChI=1S/C16H9BrF4N2O3S/c17-8-3-1-7(2-4-8)14-13(15(16(20)21)26-23-14)9-5-11(19)12(6-10(9)18)27(22,24)25/h1-6,16H,(H2,22,24,25). The first-order chi connectivity index (χ1) is 12.6. The Hall–Kier alpha value is -2.24. The number of rotatable bonds is 4. The lowest BCUT2D eigenvalue weighted by Crippen LogP contribution is -2.14. The molecule has 0 aliphatic rings. The maximum atomic E-state index is 14.5. The third-order valence-electron chi connectivity index (χ3n) is 3.63. The molecule has 3 aromatic rings. The van der Waals surface area contributed by atoms with Crippen LogP contribution in [0.3, 0.4) is 0 Å². The van der Waals surface area contributed by atoms with Gasteiger partial charge in [-0.3, -0.25) is 0 Å². The van der Waals surface area contributed by atoms with Crippen LogP contribution in [0, 0.1) is 11.6 Å². The van der Waals surface area contributed by atoms with Crippen LogP contribution in [0.2, 0.25) is 0 Å². The van der Waals surface area contributed by atoms with Gasteiger partial charge in [-0.1, -0.05) is 33.2 Å². The predicted molar refractivity (Wildman–Crippen MR) is 91.3 cm³/mol. The minimum atomic E-state index is -4.54. The lowest BCUT2D eigenvalue weighted by atomic mass is 9.98. The molecule has 0 saturated carbocycles. The zero-order valence-corrected chi connectivity index (χ0v) is 15.5. The molecular formula is C16H9BrF4N2O3S. The van der Waals surface area contributed by atoms with Crippen molar-refractivity contribution in [2.24, 2.45) is 5.14 Å². The molecule has 11 heteroatoms. The van der Waals surface area contributed by atoms with Crippen LogP contribution in [0.25, 0.3) is 22.4 Å². The van der Waals surface area contributed by atoms with Gasteiger partial charge in [0.25, 0.3) is 6.43 Å². The second-order valence-electron chi connectivity index (χ2n) is 5.39. The molecule has 1 aromatic heterocycles. The van der Waals surface area contributed by atoms with Gasteiger partial charge in [-0.25, -0.2) is 31.1 Å². The molecule has 0 unspecified atom stereocenters. The van der Waals surface area contributed by atoms with Crippen LogP contribution in [0.4, 0.5) is 17.6 Å². The number of hydrogen-bond donors (Lipinski definition) is 1. The van der Waals surface area contributed by atoms with Crippen molar-refractivity contribution in [2.45, 2.75) is 11.3 Å². The van der Waals surface area contributed by atoms with Crippen molar-refractivity contribution in [1.29, 1.82) is 0 Å². The molecule has 0 aliphatic carbocycles. The summed E-state index contributed by atoms with van der Waals surface area (Å²) in [5.74, 6) is -3.64. The van der Waals surface area contributed by atoms with Gasteiger partial charge in [-0.05, 0) is 24.3 Å². The van der Waals surface area contributed by atoms with Gasteiger partial charge in [0.15, 0.2) is 0 Å². The fourth-order valence-corrected chi connectivity index (χ4v) is 3.32. The molecule has 2 aromatic carbocycles. The molecule has 27 heavy (non-hydrogen) atoms. The van der Waals surface area contributed by atoms with Crippen molar-refractivity contribution in [3.63, 3.8) is 0 Å². The Morgan fingerprint density at radius 2 is 1.70 bits per heavy atom. The van der Waals surface area contributed by atoms with Crippen LogP contribution in [0.1, 0.15) is 12.2 Å².